The monoisotopic (exact) mass is 490 g/mol. The van der Waals surface area contributed by atoms with E-state index < -0.39 is 15.9 Å². The van der Waals surface area contributed by atoms with Crippen LogP contribution in [0.1, 0.15) is 18.4 Å². The number of hydrogen-bond acceptors (Lipinski definition) is 8. The molecule has 3 aromatic rings. The molecule has 1 N–H and O–H groups in total. The van der Waals surface area contributed by atoms with Crippen LogP contribution in [0.25, 0.3) is 11.0 Å². The summed E-state index contributed by atoms with van der Waals surface area (Å²) in [4.78, 5) is 12.9. The summed E-state index contributed by atoms with van der Waals surface area (Å²) in [6.07, 6.45) is 1.90. The molecule has 1 amide bonds. The Bertz CT molecular complexity index is 1240. The third-order valence-electron chi connectivity index (χ3n) is 5.78. The van der Waals surface area contributed by atoms with Crippen LogP contribution in [0, 0.1) is 5.92 Å². The van der Waals surface area contributed by atoms with Gasteiger partial charge in [0.1, 0.15) is 15.9 Å². The third kappa shape index (κ3) is 4.94. The first-order chi connectivity index (χ1) is 15.9. The predicted octanol–water partition coefficient (Wildman–Crippen LogP) is 2.47. The number of aromatic nitrogens is 2. The van der Waals surface area contributed by atoms with Crippen molar-refractivity contribution in [3.05, 3.63) is 42.0 Å². The number of hydrogen-bond donors (Lipinski definition) is 1. The van der Waals surface area contributed by atoms with E-state index in [-0.39, 0.29) is 17.3 Å². The SMILES string of the molecule is COc1ccc(CCNC(=O)C2CCCN(S(=O)(=O)c3cccc4nsnc34)C2)cc1OC. The quantitative estimate of drug-likeness (QED) is 0.516. The molecule has 4 rings (SSSR count). The number of benzene rings is 2. The number of fused-ring (bicyclic) bond motifs is 1. The molecule has 0 spiro atoms. The number of piperidine rings is 1. The van der Waals surface area contributed by atoms with E-state index in [2.05, 4.69) is 14.1 Å². The smallest absolute Gasteiger partial charge is 0.245 e. The van der Waals surface area contributed by atoms with Gasteiger partial charge in [-0.05, 0) is 49.1 Å². The summed E-state index contributed by atoms with van der Waals surface area (Å²) < 4.78 is 46.8. The highest BCUT2D eigenvalue weighted by Crippen LogP contribution is 2.29. The van der Waals surface area contributed by atoms with Gasteiger partial charge in [0.05, 0.1) is 31.9 Å². The Kier molecular flexibility index (Phi) is 7.11. The zero-order valence-electron chi connectivity index (χ0n) is 18.5. The molecule has 0 bridgehead atoms. The molecule has 1 aliphatic heterocycles. The van der Waals surface area contributed by atoms with Crippen molar-refractivity contribution >= 4 is 38.7 Å². The number of carbonyl (C=O) groups is 1. The number of nitrogens with one attached hydrogen (secondary N) is 1. The van der Waals surface area contributed by atoms with E-state index in [9.17, 15) is 13.2 Å². The number of methoxy groups -OCH3 is 2. The minimum absolute atomic E-state index is 0.135. The molecule has 1 aromatic heterocycles. The second-order valence-electron chi connectivity index (χ2n) is 7.82. The van der Waals surface area contributed by atoms with E-state index >= 15 is 0 Å². The summed E-state index contributed by atoms with van der Waals surface area (Å²) in [5.41, 5.74) is 1.94. The van der Waals surface area contributed by atoms with Crippen molar-refractivity contribution in [2.45, 2.75) is 24.2 Å². The maximum absolute atomic E-state index is 13.3. The van der Waals surface area contributed by atoms with Crippen LogP contribution in [0.2, 0.25) is 0 Å². The molecule has 0 radical (unpaired) electrons. The fourth-order valence-corrected chi connectivity index (χ4v) is 6.29. The fourth-order valence-electron chi connectivity index (χ4n) is 4.01. The van der Waals surface area contributed by atoms with E-state index in [1.54, 1.807) is 32.4 Å². The van der Waals surface area contributed by atoms with Crippen LogP contribution in [-0.4, -0.2) is 61.2 Å². The Morgan fingerprint density at radius 1 is 1.18 bits per heavy atom. The second kappa shape index (κ2) is 10.0. The molecule has 9 nitrogen and oxygen atoms in total. The van der Waals surface area contributed by atoms with E-state index in [0.29, 0.717) is 54.9 Å². The lowest BCUT2D eigenvalue weighted by Crippen LogP contribution is -2.45. The highest BCUT2D eigenvalue weighted by molar-refractivity contribution is 7.89. The maximum Gasteiger partial charge on any atom is 0.245 e. The van der Waals surface area contributed by atoms with Crippen molar-refractivity contribution in [1.82, 2.24) is 18.4 Å². The minimum atomic E-state index is -3.77. The predicted molar refractivity (Wildman–Crippen MR) is 125 cm³/mol. The van der Waals surface area contributed by atoms with E-state index in [0.717, 1.165) is 17.3 Å². The Balaban J connectivity index is 1.38. The molecule has 2 heterocycles. The molecule has 33 heavy (non-hydrogen) atoms. The van der Waals surface area contributed by atoms with Gasteiger partial charge in [-0.2, -0.15) is 13.1 Å². The molecule has 2 aromatic carbocycles. The number of nitrogens with zero attached hydrogens (tertiary/aromatic N) is 3. The first-order valence-electron chi connectivity index (χ1n) is 10.6. The average molecular weight is 491 g/mol. The number of carbonyl (C=O) groups excluding carboxylic acids is 1. The molecule has 1 atom stereocenters. The van der Waals surface area contributed by atoms with Gasteiger partial charge in [-0.3, -0.25) is 4.79 Å². The van der Waals surface area contributed by atoms with Crippen LogP contribution in [-0.2, 0) is 21.2 Å². The molecule has 1 aliphatic rings. The van der Waals surface area contributed by atoms with Gasteiger partial charge in [0.25, 0.3) is 0 Å². The largest absolute Gasteiger partial charge is 0.493 e. The molecular formula is C22H26N4O5S2. The highest BCUT2D eigenvalue weighted by atomic mass is 32.2. The highest BCUT2D eigenvalue weighted by Gasteiger charge is 2.34. The average Bonchev–Trinajstić information content (AvgIpc) is 3.33. The molecule has 176 valence electrons. The molecule has 0 aliphatic carbocycles. The molecule has 0 saturated carbocycles. The van der Waals surface area contributed by atoms with Crippen molar-refractivity contribution in [1.29, 1.82) is 0 Å². The van der Waals surface area contributed by atoms with E-state index in [1.807, 2.05) is 18.2 Å². The number of rotatable bonds is 8. The van der Waals surface area contributed by atoms with Crippen molar-refractivity contribution in [2.24, 2.45) is 5.92 Å². The van der Waals surface area contributed by atoms with Crippen molar-refractivity contribution < 1.29 is 22.7 Å². The summed E-state index contributed by atoms with van der Waals surface area (Å²) in [5, 5.41) is 2.95. The van der Waals surface area contributed by atoms with Gasteiger partial charge in [-0.25, -0.2) is 8.42 Å². The van der Waals surface area contributed by atoms with Gasteiger partial charge in [0.2, 0.25) is 15.9 Å². The van der Waals surface area contributed by atoms with Gasteiger partial charge < -0.3 is 14.8 Å². The Labute approximate surface area is 197 Å². The van der Waals surface area contributed by atoms with Crippen LogP contribution in [0.3, 0.4) is 0 Å². The van der Waals surface area contributed by atoms with Gasteiger partial charge in [0.15, 0.2) is 11.5 Å². The van der Waals surface area contributed by atoms with E-state index in [1.165, 1.54) is 4.31 Å². The number of sulfonamides is 1. The van der Waals surface area contributed by atoms with Crippen molar-refractivity contribution in [2.75, 3.05) is 33.9 Å². The lowest BCUT2D eigenvalue weighted by molar-refractivity contribution is -0.126. The topological polar surface area (TPSA) is 111 Å². The van der Waals surface area contributed by atoms with E-state index in [4.69, 9.17) is 9.47 Å². The molecule has 1 unspecified atom stereocenters. The third-order valence-corrected chi connectivity index (χ3v) is 8.22. The molecule has 1 fully saturated rings. The summed E-state index contributed by atoms with van der Waals surface area (Å²) in [7, 11) is -0.607. The standard InChI is InChI=1S/C22H26N4O5S2/c1-30-18-9-8-15(13-19(18)31-2)10-11-23-22(27)16-5-4-12-26(14-16)33(28,29)20-7-3-6-17-21(20)25-32-24-17/h3,6-9,13,16H,4-5,10-12,14H2,1-2H3,(H,23,27). The normalized spacial score (nSPS) is 17.1. The summed E-state index contributed by atoms with van der Waals surface area (Å²) in [6.45, 7) is 0.978. The minimum Gasteiger partial charge on any atom is -0.493 e. The zero-order valence-corrected chi connectivity index (χ0v) is 20.1. The lowest BCUT2D eigenvalue weighted by atomic mass is 9.99. The number of ether oxygens (including phenoxy) is 2. The molecule has 11 heteroatoms. The number of amides is 1. The van der Waals surface area contributed by atoms with Crippen LogP contribution in [0.4, 0.5) is 0 Å². The van der Waals surface area contributed by atoms with Crippen LogP contribution in [0.5, 0.6) is 11.5 Å². The van der Waals surface area contributed by atoms with Crippen LogP contribution >= 0.6 is 11.7 Å². The maximum atomic E-state index is 13.3. The van der Waals surface area contributed by atoms with Crippen molar-refractivity contribution in [3.8, 4) is 11.5 Å². The van der Waals surface area contributed by atoms with Gasteiger partial charge >= 0.3 is 0 Å². The van der Waals surface area contributed by atoms with Crippen LogP contribution < -0.4 is 14.8 Å². The zero-order chi connectivity index (χ0) is 23.4. The van der Waals surface area contributed by atoms with Crippen molar-refractivity contribution in [3.63, 3.8) is 0 Å². The Morgan fingerprint density at radius 2 is 2.00 bits per heavy atom. The van der Waals surface area contributed by atoms with Gasteiger partial charge in [0, 0.05) is 19.6 Å². The first kappa shape index (κ1) is 23.4. The lowest BCUT2D eigenvalue weighted by Gasteiger charge is -2.31. The summed E-state index contributed by atoms with van der Waals surface area (Å²) in [6, 6.07) is 10.6. The second-order valence-corrected chi connectivity index (χ2v) is 10.3. The Morgan fingerprint density at radius 3 is 2.79 bits per heavy atom. The summed E-state index contributed by atoms with van der Waals surface area (Å²) in [5.74, 6) is 0.758. The Hall–Kier alpha value is -2.76. The summed E-state index contributed by atoms with van der Waals surface area (Å²) >= 11 is 0.985. The van der Waals surface area contributed by atoms with Crippen LogP contribution in [0.15, 0.2) is 41.3 Å². The van der Waals surface area contributed by atoms with Gasteiger partial charge in [-0.1, -0.05) is 12.1 Å². The molecular weight excluding hydrogens is 464 g/mol. The molecule has 1 saturated heterocycles. The fraction of sp³-hybridized carbons (Fsp3) is 0.409. The van der Waals surface area contributed by atoms with Gasteiger partial charge in [-0.15, -0.1) is 0 Å². The first-order valence-corrected chi connectivity index (χ1v) is 12.8.